The molecule has 0 aliphatic carbocycles. The maximum Gasteiger partial charge on any atom is 0.205 e. The molecule has 0 radical (unpaired) electrons. The van der Waals surface area contributed by atoms with Gasteiger partial charge in [-0.1, -0.05) is 0 Å². The van der Waals surface area contributed by atoms with Crippen LogP contribution in [0.2, 0.25) is 0 Å². The van der Waals surface area contributed by atoms with Crippen LogP contribution in [0.3, 0.4) is 0 Å². The third-order valence-corrected chi connectivity index (χ3v) is 1.04. The Bertz CT molecular complexity index is 156. The molecule has 0 fully saturated rings. The van der Waals surface area contributed by atoms with Crippen molar-refractivity contribution in [2.24, 2.45) is 10.2 Å². The first kappa shape index (κ1) is 10.9. The van der Waals surface area contributed by atoms with Crippen LogP contribution in [0.15, 0.2) is 10.2 Å². The van der Waals surface area contributed by atoms with Gasteiger partial charge in [-0.05, 0) is 13.8 Å². The number of rotatable bonds is 3. The summed E-state index contributed by atoms with van der Waals surface area (Å²) in [5.74, 6) is 1.10. The second-order valence-electron chi connectivity index (χ2n) is 2.10. The molecule has 0 aromatic rings. The van der Waals surface area contributed by atoms with E-state index >= 15 is 0 Å². The van der Waals surface area contributed by atoms with E-state index in [4.69, 9.17) is 9.47 Å². The first-order valence-corrected chi connectivity index (χ1v) is 4.05. The first-order valence-electron chi connectivity index (χ1n) is 4.05. The van der Waals surface area contributed by atoms with Crippen LogP contribution in [-0.2, 0) is 9.47 Å². The lowest BCUT2D eigenvalue weighted by molar-refractivity contribution is 0.316. The number of nitrogens with zero attached hydrogens (tertiary/aromatic N) is 2. The predicted molar refractivity (Wildman–Crippen MR) is 49.5 cm³/mol. The highest BCUT2D eigenvalue weighted by Crippen LogP contribution is 1.86. The molecule has 0 unspecified atom stereocenters. The molecule has 4 heteroatoms. The molecule has 0 aliphatic rings. The van der Waals surface area contributed by atoms with Gasteiger partial charge < -0.3 is 9.47 Å². The zero-order valence-electron chi connectivity index (χ0n) is 8.13. The molecular formula is C8H16N2O2. The lowest BCUT2D eigenvalue weighted by Crippen LogP contribution is -2.00. The number of hydrogen-bond donors (Lipinski definition) is 0. The molecule has 0 saturated heterocycles. The topological polar surface area (TPSA) is 43.2 Å². The standard InChI is InChI=1S/C8H16N2O2/c1-5-11-7(3)9-10-8(4)12-6-2/h5-6H2,1-4H3/b9-7+,10-8+. The summed E-state index contributed by atoms with van der Waals surface area (Å²) in [6.45, 7) is 8.53. The molecule has 0 saturated carbocycles. The second kappa shape index (κ2) is 6.64. The van der Waals surface area contributed by atoms with Crippen molar-refractivity contribution in [2.75, 3.05) is 13.2 Å². The van der Waals surface area contributed by atoms with Crippen LogP contribution in [0.25, 0.3) is 0 Å². The largest absolute Gasteiger partial charge is 0.480 e. The Balaban J connectivity index is 3.89. The summed E-state index contributed by atoms with van der Waals surface area (Å²) in [5, 5.41) is 7.58. The van der Waals surface area contributed by atoms with Crippen molar-refractivity contribution < 1.29 is 9.47 Å². The van der Waals surface area contributed by atoms with E-state index in [1.54, 1.807) is 13.8 Å². The van der Waals surface area contributed by atoms with Crippen LogP contribution < -0.4 is 0 Å². The van der Waals surface area contributed by atoms with Crippen molar-refractivity contribution in [3.63, 3.8) is 0 Å². The fourth-order valence-electron chi connectivity index (χ4n) is 0.616. The molecule has 0 N–H and O–H groups in total. The van der Waals surface area contributed by atoms with Crippen LogP contribution in [0.4, 0.5) is 0 Å². The maximum atomic E-state index is 5.06. The minimum atomic E-state index is 0.552. The van der Waals surface area contributed by atoms with E-state index in [1.807, 2.05) is 13.8 Å². The molecule has 0 spiro atoms. The SMILES string of the molecule is CCO/C(C)=N/N=C(\C)OCC. The molecule has 0 amide bonds. The van der Waals surface area contributed by atoms with E-state index in [0.717, 1.165) is 0 Å². The summed E-state index contributed by atoms with van der Waals surface area (Å²) in [6.07, 6.45) is 0. The van der Waals surface area contributed by atoms with Gasteiger partial charge in [0, 0.05) is 13.8 Å². The van der Waals surface area contributed by atoms with E-state index in [0.29, 0.717) is 25.0 Å². The van der Waals surface area contributed by atoms with Gasteiger partial charge in [-0.25, -0.2) is 0 Å². The number of ether oxygens (including phenoxy) is 2. The Kier molecular flexibility index (Phi) is 6.05. The molecule has 0 aromatic heterocycles. The van der Waals surface area contributed by atoms with Gasteiger partial charge in [-0.3, -0.25) is 0 Å². The minimum Gasteiger partial charge on any atom is -0.480 e. The summed E-state index contributed by atoms with van der Waals surface area (Å²) in [4.78, 5) is 0. The smallest absolute Gasteiger partial charge is 0.205 e. The third kappa shape index (κ3) is 5.70. The Morgan fingerprint density at radius 2 is 1.25 bits per heavy atom. The summed E-state index contributed by atoms with van der Waals surface area (Å²) >= 11 is 0. The van der Waals surface area contributed by atoms with E-state index in [9.17, 15) is 0 Å². The van der Waals surface area contributed by atoms with E-state index in [-0.39, 0.29) is 0 Å². The minimum absolute atomic E-state index is 0.552. The summed E-state index contributed by atoms with van der Waals surface area (Å²) < 4.78 is 10.1. The van der Waals surface area contributed by atoms with E-state index < -0.39 is 0 Å². The Labute approximate surface area is 73.3 Å². The van der Waals surface area contributed by atoms with E-state index in [2.05, 4.69) is 10.2 Å². The number of hydrogen-bond acceptors (Lipinski definition) is 4. The van der Waals surface area contributed by atoms with Crippen molar-refractivity contribution in [2.45, 2.75) is 27.7 Å². The zero-order chi connectivity index (χ0) is 9.40. The van der Waals surface area contributed by atoms with Crippen LogP contribution in [0, 0.1) is 0 Å². The van der Waals surface area contributed by atoms with Gasteiger partial charge in [-0.2, -0.15) is 0 Å². The van der Waals surface area contributed by atoms with Crippen molar-refractivity contribution in [1.29, 1.82) is 0 Å². The third-order valence-electron chi connectivity index (χ3n) is 1.04. The van der Waals surface area contributed by atoms with Gasteiger partial charge in [-0.15, -0.1) is 10.2 Å². The Hall–Kier alpha value is -1.06. The van der Waals surface area contributed by atoms with Crippen LogP contribution in [0.5, 0.6) is 0 Å². The van der Waals surface area contributed by atoms with Gasteiger partial charge >= 0.3 is 0 Å². The van der Waals surface area contributed by atoms with Gasteiger partial charge in [0.05, 0.1) is 13.2 Å². The Morgan fingerprint density at radius 3 is 1.50 bits per heavy atom. The molecule has 0 bridgehead atoms. The molecule has 0 atom stereocenters. The monoisotopic (exact) mass is 172 g/mol. The van der Waals surface area contributed by atoms with E-state index in [1.165, 1.54) is 0 Å². The molecule has 70 valence electrons. The quantitative estimate of drug-likeness (QED) is 0.370. The molecule has 0 heterocycles. The molecule has 0 aliphatic heterocycles. The van der Waals surface area contributed by atoms with Gasteiger partial charge in [0.1, 0.15) is 0 Å². The normalized spacial score (nSPS) is 13.0. The van der Waals surface area contributed by atoms with Gasteiger partial charge in [0.25, 0.3) is 0 Å². The average Bonchev–Trinajstić information content (AvgIpc) is 2.02. The van der Waals surface area contributed by atoms with Crippen molar-refractivity contribution >= 4 is 11.8 Å². The van der Waals surface area contributed by atoms with Crippen molar-refractivity contribution in [3.8, 4) is 0 Å². The van der Waals surface area contributed by atoms with Crippen molar-refractivity contribution in [3.05, 3.63) is 0 Å². The fourth-order valence-corrected chi connectivity index (χ4v) is 0.616. The second-order valence-corrected chi connectivity index (χ2v) is 2.10. The lowest BCUT2D eigenvalue weighted by Gasteiger charge is -1.99. The molecule has 0 rings (SSSR count). The van der Waals surface area contributed by atoms with Crippen molar-refractivity contribution in [1.82, 2.24) is 0 Å². The lowest BCUT2D eigenvalue weighted by atomic mass is 10.7. The predicted octanol–water partition coefficient (Wildman–Crippen LogP) is 1.81. The average molecular weight is 172 g/mol. The van der Waals surface area contributed by atoms with Crippen LogP contribution >= 0.6 is 0 Å². The molecular weight excluding hydrogens is 156 g/mol. The highest BCUT2D eigenvalue weighted by Gasteiger charge is 1.89. The molecule has 4 nitrogen and oxygen atoms in total. The Morgan fingerprint density at radius 1 is 0.917 bits per heavy atom. The summed E-state index contributed by atoms with van der Waals surface area (Å²) in [6, 6.07) is 0. The molecule has 12 heavy (non-hydrogen) atoms. The van der Waals surface area contributed by atoms with Crippen LogP contribution in [0.1, 0.15) is 27.7 Å². The van der Waals surface area contributed by atoms with Gasteiger partial charge in [0.15, 0.2) is 0 Å². The highest BCUT2D eigenvalue weighted by atomic mass is 16.5. The maximum absolute atomic E-state index is 5.06. The zero-order valence-corrected chi connectivity index (χ0v) is 8.13. The summed E-state index contributed by atoms with van der Waals surface area (Å²) in [7, 11) is 0. The molecule has 0 aromatic carbocycles. The van der Waals surface area contributed by atoms with Gasteiger partial charge in [0.2, 0.25) is 11.8 Å². The summed E-state index contributed by atoms with van der Waals surface area (Å²) in [5.41, 5.74) is 0. The highest BCUT2D eigenvalue weighted by molar-refractivity contribution is 5.76. The first-order chi connectivity index (χ1) is 5.70. The fraction of sp³-hybridized carbons (Fsp3) is 0.750. The van der Waals surface area contributed by atoms with Crippen LogP contribution in [-0.4, -0.2) is 25.0 Å².